The molecule has 9 atom stereocenters. The number of carbonyl (C=O) groups is 1. The van der Waals surface area contributed by atoms with Crippen LogP contribution in [0.2, 0.25) is 0 Å². The SMILES string of the molecule is CC(=O)OC1CC(O)CCC23C#CC4CCCC5(CNCCSSCC6(CCCCC6)NC(N)=NC2C=CCC3O)CC(CCN5)Oc2cc(c(C(O)O)cc2O)CC41. The first-order valence-corrected chi connectivity index (χ1v) is 24.3. The highest BCUT2D eigenvalue weighted by Gasteiger charge is 2.47. The first kappa shape index (κ1) is 44.4. The van der Waals surface area contributed by atoms with E-state index in [9.17, 15) is 30.3 Å². The Kier molecular flexibility index (Phi) is 14.7. The van der Waals surface area contributed by atoms with E-state index in [0.29, 0.717) is 37.2 Å². The van der Waals surface area contributed by atoms with Gasteiger partial charge >= 0.3 is 5.97 Å². The van der Waals surface area contributed by atoms with Gasteiger partial charge in [0, 0.05) is 72.8 Å². The Labute approximate surface area is 356 Å². The molecule has 3 heterocycles. The molecule has 59 heavy (non-hydrogen) atoms. The van der Waals surface area contributed by atoms with Crippen molar-refractivity contribution in [3.63, 3.8) is 0 Å². The van der Waals surface area contributed by atoms with Crippen LogP contribution in [0.3, 0.4) is 0 Å². The lowest BCUT2D eigenvalue weighted by Crippen LogP contribution is -2.59. The molecule has 3 aliphatic carbocycles. The second-order valence-corrected chi connectivity index (χ2v) is 20.5. The van der Waals surface area contributed by atoms with Crippen molar-refractivity contribution in [1.82, 2.24) is 16.0 Å². The van der Waals surface area contributed by atoms with Crippen molar-refractivity contribution in [1.29, 1.82) is 0 Å². The lowest BCUT2D eigenvalue weighted by molar-refractivity contribution is -0.152. The number of aliphatic imine (C=N–C) groups is 1. The van der Waals surface area contributed by atoms with E-state index in [2.05, 4.69) is 27.8 Å². The van der Waals surface area contributed by atoms with E-state index in [4.69, 9.17) is 20.2 Å². The molecule has 6 aliphatic rings. The van der Waals surface area contributed by atoms with Gasteiger partial charge in [-0.2, -0.15) is 0 Å². The molecule has 3 aliphatic heterocycles. The predicted molar refractivity (Wildman–Crippen MR) is 232 cm³/mol. The maximum absolute atomic E-state index is 12.8. The molecule has 6 bridgehead atoms. The summed E-state index contributed by atoms with van der Waals surface area (Å²) in [5.41, 5.74) is 5.89. The molecule has 10 N–H and O–H groups in total. The number of nitrogens with one attached hydrogen (secondary N) is 3. The van der Waals surface area contributed by atoms with Crippen molar-refractivity contribution in [3.05, 3.63) is 35.4 Å². The van der Waals surface area contributed by atoms with Gasteiger partial charge < -0.3 is 56.7 Å². The number of aliphatic hydroxyl groups excluding tert-OH is 3. The number of nitrogens with two attached hydrogens (primary N) is 1. The van der Waals surface area contributed by atoms with Crippen LogP contribution in [0.5, 0.6) is 11.5 Å². The fourth-order valence-electron chi connectivity index (χ4n) is 10.6. The van der Waals surface area contributed by atoms with Gasteiger partial charge in [-0.3, -0.25) is 4.79 Å². The summed E-state index contributed by atoms with van der Waals surface area (Å²) >= 11 is 0. The number of hydrogen-bond donors (Lipinski definition) is 9. The van der Waals surface area contributed by atoms with E-state index in [-0.39, 0.29) is 53.5 Å². The van der Waals surface area contributed by atoms with Gasteiger partial charge in [-0.1, -0.05) is 71.3 Å². The lowest BCUT2D eigenvalue weighted by atomic mass is 9.66. The van der Waals surface area contributed by atoms with Crippen LogP contribution in [0, 0.1) is 29.1 Å². The Morgan fingerprint density at radius 3 is 2.66 bits per heavy atom. The summed E-state index contributed by atoms with van der Waals surface area (Å²) in [6, 6.07) is 2.44. The predicted octanol–water partition coefficient (Wildman–Crippen LogP) is 3.95. The first-order valence-electron chi connectivity index (χ1n) is 21.8. The van der Waals surface area contributed by atoms with Crippen molar-refractivity contribution in [3.8, 4) is 23.3 Å². The fraction of sp³-hybridized carbons (Fsp3) is 0.727. The summed E-state index contributed by atoms with van der Waals surface area (Å²) in [4.78, 5) is 17.9. The smallest absolute Gasteiger partial charge is 0.302 e. The molecule has 326 valence electrons. The molecule has 7 rings (SSSR count). The Morgan fingerprint density at radius 2 is 1.86 bits per heavy atom. The molecule has 0 aromatic heterocycles. The molecular weight excluding hydrogens is 791 g/mol. The second kappa shape index (κ2) is 19.6. The minimum absolute atomic E-state index is 0.116. The van der Waals surface area contributed by atoms with Gasteiger partial charge in [0.05, 0.1) is 23.7 Å². The highest BCUT2D eigenvalue weighted by molar-refractivity contribution is 8.76. The van der Waals surface area contributed by atoms with Gasteiger partial charge in [-0.05, 0) is 82.0 Å². The van der Waals surface area contributed by atoms with Gasteiger partial charge in [-0.25, -0.2) is 4.99 Å². The molecular formula is C44H65N5O8S2. The van der Waals surface area contributed by atoms with Crippen molar-refractivity contribution < 1.29 is 39.8 Å². The van der Waals surface area contributed by atoms with Crippen LogP contribution >= 0.6 is 21.6 Å². The largest absolute Gasteiger partial charge is 0.504 e. The van der Waals surface area contributed by atoms with Crippen molar-refractivity contribution in [2.24, 2.45) is 28.0 Å². The van der Waals surface area contributed by atoms with Crippen molar-refractivity contribution in [2.75, 3.05) is 31.1 Å². The minimum atomic E-state index is -1.90. The molecule has 0 amide bonds. The highest BCUT2D eigenvalue weighted by Crippen LogP contribution is 2.44. The molecule has 9 unspecified atom stereocenters. The number of phenolic OH excluding ortho intramolecular Hbond substituents is 1. The lowest BCUT2D eigenvalue weighted by Gasteiger charge is -2.43. The molecule has 1 aromatic rings. The zero-order chi connectivity index (χ0) is 41.6. The average Bonchev–Trinajstić information content (AvgIpc) is 3.19. The number of piperidine rings is 1. The zero-order valence-corrected chi connectivity index (χ0v) is 36.0. The van der Waals surface area contributed by atoms with Gasteiger partial charge in [0.25, 0.3) is 0 Å². The second-order valence-electron chi connectivity index (χ2n) is 18.0. The van der Waals surface area contributed by atoms with Crippen LogP contribution < -0.4 is 26.4 Å². The number of carbonyl (C=O) groups excluding carboxylic acids is 1. The van der Waals surface area contributed by atoms with Crippen LogP contribution in [-0.4, -0.2) is 110 Å². The quantitative estimate of drug-likeness (QED) is 0.0679. The number of aromatic hydroxyl groups is 1. The van der Waals surface area contributed by atoms with E-state index >= 15 is 0 Å². The molecule has 1 aromatic carbocycles. The summed E-state index contributed by atoms with van der Waals surface area (Å²) < 4.78 is 12.7. The molecule has 3 spiro atoms. The molecule has 1 saturated heterocycles. The highest BCUT2D eigenvalue weighted by atomic mass is 33.1. The van der Waals surface area contributed by atoms with Crippen LogP contribution in [0.1, 0.15) is 114 Å². The number of fused-ring (bicyclic) bond motifs is 5. The standard InChI is InChI=1S/C44H65N5O8S2/c1-28(50)56-36-23-31(51)11-17-44-16-10-29-7-6-15-43(25-32(12-18-47-43)57-37-22-30(21-33(29)36)34(40(54)55)24-35(37)52)26-46-19-20-58-59-27-42(13-3-2-4-14-42)49-41(45)48-38(44)8-5-9-39(44)53/h5,8,22,24,29,31-33,36,38-40,46-47,51-55H,2-4,6-7,9,11-15,17-21,23,25-27H2,1H3,(H3,45,48,49). The number of guanidine groups is 1. The summed E-state index contributed by atoms with van der Waals surface area (Å²) in [6.45, 7) is 3.63. The van der Waals surface area contributed by atoms with E-state index in [1.807, 2.05) is 33.7 Å². The minimum Gasteiger partial charge on any atom is -0.504 e. The summed E-state index contributed by atoms with van der Waals surface area (Å²) in [7, 11) is 3.74. The first-order chi connectivity index (χ1) is 28.4. The fourth-order valence-corrected chi connectivity index (χ4v) is 13.1. The van der Waals surface area contributed by atoms with Crippen molar-refractivity contribution >= 4 is 33.5 Å². The third kappa shape index (κ3) is 10.7. The normalized spacial score (nSPS) is 35.7. The third-order valence-corrected chi connectivity index (χ3v) is 16.3. The summed E-state index contributed by atoms with van der Waals surface area (Å²) in [5.74, 6) is 8.07. The summed E-state index contributed by atoms with van der Waals surface area (Å²) in [6.07, 6.45) is 9.57. The Balaban J connectivity index is 1.39. The van der Waals surface area contributed by atoms with Gasteiger partial charge in [0.2, 0.25) is 0 Å². The average molecular weight is 856 g/mol. The maximum Gasteiger partial charge on any atom is 0.302 e. The zero-order valence-electron chi connectivity index (χ0n) is 34.4. The molecule has 13 nitrogen and oxygen atoms in total. The van der Waals surface area contributed by atoms with Crippen LogP contribution in [-0.2, 0) is 16.0 Å². The third-order valence-electron chi connectivity index (χ3n) is 13.7. The number of phenols is 1. The number of aliphatic hydroxyl groups is 4. The van der Waals surface area contributed by atoms with E-state index in [1.165, 1.54) is 19.4 Å². The van der Waals surface area contributed by atoms with E-state index < -0.39 is 53.9 Å². The molecule has 15 heteroatoms. The topological polar surface area (TPSA) is 211 Å². The number of esters is 1. The van der Waals surface area contributed by atoms with E-state index in [1.54, 1.807) is 6.07 Å². The molecule has 2 fully saturated rings. The maximum atomic E-state index is 12.8. The Bertz CT molecular complexity index is 1750. The van der Waals surface area contributed by atoms with E-state index in [0.717, 1.165) is 76.1 Å². The Hall–Kier alpha value is -2.68. The summed E-state index contributed by atoms with van der Waals surface area (Å²) in [5, 5.41) is 67.6. The van der Waals surface area contributed by atoms with Crippen LogP contribution in [0.25, 0.3) is 0 Å². The number of benzene rings is 1. The van der Waals surface area contributed by atoms with Gasteiger partial charge in [-0.15, -0.1) is 0 Å². The number of nitrogens with zero attached hydrogens (tertiary/aromatic N) is 1. The molecule has 0 radical (unpaired) electrons. The Morgan fingerprint density at radius 1 is 1.05 bits per heavy atom. The van der Waals surface area contributed by atoms with Gasteiger partial charge in [0.15, 0.2) is 23.7 Å². The number of rotatable bonds is 2. The number of ether oxygens (including phenoxy) is 2. The number of hydrogen-bond acceptors (Lipinski definition) is 15. The van der Waals surface area contributed by atoms with Gasteiger partial charge in [0.1, 0.15) is 12.2 Å². The molecule has 1 saturated carbocycles. The van der Waals surface area contributed by atoms with Crippen molar-refractivity contribution in [2.45, 2.75) is 151 Å². The monoisotopic (exact) mass is 855 g/mol. The van der Waals surface area contributed by atoms with Crippen LogP contribution in [0.15, 0.2) is 29.3 Å². The van der Waals surface area contributed by atoms with Crippen LogP contribution in [0.4, 0.5) is 0 Å².